The maximum atomic E-state index is 12.4. The molecule has 0 spiro atoms. The molecule has 164 valence electrons. The van der Waals surface area contributed by atoms with Crippen LogP contribution in [0.3, 0.4) is 0 Å². The lowest BCUT2D eigenvalue weighted by Gasteiger charge is -2.37. The summed E-state index contributed by atoms with van der Waals surface area (Å²) < 4.78 is 10.5. The smallest absolute Gasteiger partial charge is 0.289 e. The topological polar surface area (TPSA) is 70.3 Å². The number of hydrogen-bond acceptors (Lipinski definition) is 4. The third kappa shape index (κ3) is 5.68. The first-order valence-electron chi connectivity index (χ1n) is 9.87. The van der Waals surface area contributed by atoms with Gasteiger partial charge in [0.15, 0.2) is 11.7 Å². The summed E-state index contributed by atoms with van der Waals surface area (Å²) in [5.41, 5.74) is 1.16. The third-order valence-corrected chi connectivity index (χ3v) is 5.37. The summed E-state index contributed by atoms with van der Waals surface area (Å²) >= 11 is 0. The molecular formula is C22H31IN4O3. The summed E-state index contributed by atoms with van der Waals surface area (Å²) in [6, 6.07) is 11.6. The molecule has 0 unspecified atom stereocenters. The van der Waals surface area contributed by atoms with Crippen LogP contribution in [0.1, 0.15) is 30.0 Å². The highest BCUT2D eigenvalue weighted by Crippen LogP contribution is 2.24. The number of methoxy groups -OCH3 is 1. The molecule has 1 saturated heterocycles. The molecule has 1 aliphatic heterocycles. The predicted molar refractivity (Wildman–Crippen MR) is 129 cm³/mol. The van der Waals surface area contributed by atoms with Crippen molar-refractivity contribution in [3.8, 4) is 5.75 Å². The zero-order valence-corrected chi connectivity index (χ0v) is 20.4. The molecule has 0 bridgehead atoms. The lowest BCUT2D eigenvalue weighted by atomic mass is 9.84. The zero-order valence-electron chi connectivity index (χ0n) is 18.1. The van der Waals surface area contributed by atoms with E-state index in [-0.39, 0.29) is 35.3 Å². The summed E-state index contributed by atoms with van der Waals surface area (Å²) in [4.78, 5) is 20.9. The molecule has 1 aromatic heterocycles. The maximum absolute atomic E-state index is 12.4. The monoisotopic (exact) mass is 526 g/mol. The van der Waals surface area contributed by atoms with Gasteiger partial charge < -0.3 is 24.3 Å². The molecule has 30 heavy (non-hydrogen) atoms. The molecule has 0 aliphatic carbocycles. The number of amides is 1. The van der Waals surface area contributed by atoms with Crippen LogP contribution in [0.25, 0.3) is 0 Å². The lowest BCUT2D eigenvalue weighted by molar-refractivity contribution is 0.0657. The molecule has 1 aliphatic rings. The van der Waals surface area contributed by atoms with E-state index < -0.39 is 0 Å². The van der Waals surface area contributed by atoms with Gasteiger partial charge in [-0.2, -0.15) is 0 Å². The molecule has 0 atom stereocenters. The standard InChI is InChI=1S/C22H30N4O3.HI/c1-22(2,17-7-9-18(28-4)10-8-17)16-24-21(23-3)26-13-11-25(12-14-26)20(27)19-6-5-15-29-19;/h5-10,15H,11-14,16H2,1-4H3,(H,23,24);1H. The van der Waals surface area contributed by atoms with Crippen molar-refractivity contribution in [3.63, 3.8) is 0 Å². The van der Waals surface area contributed by atoms with Gasteiger partial charge in [0.1, 0.15) is 5.75 Å². The van der Waals surface area contributed by atoms with Gasteiger partial charge in [-0.3, -0.25) is 9.79 Å². The third-order valence-electron chi connectivity index (χ3n) is 5.37. The molecule has 0 saturated carbocycles. The Bertz CT molecular complexity index is 827. The number of rotatable bonds is 5. The van der Waals surface area contributed by atoms with Crippen molar-refractivity contribution < 1.29 is 13.9 Å². The number of guanidine groups is 1. The van der Waals surface area contributed by atoms with Crippen LogP contribution >= 0.6 is 24.0 Å². The number of carbonyl (C=O) groups excluding carboxylic acids is 1. The summed E-state index contributed by atoms with van der Waals surface area (Å²) in [7, 11) is 3.47. The van der Waals surface area contributed by atoms with Crippen molar-refractivity contribution in [1.29, 1.82) is 0 Å². The van der Waals surface area contributed by atoms with Gasteiger partial charge in [-0.05, 0) is 29.8 Å². The van der Waals surface area contributed by atoms with Crippen LogP contribution in [0.4, 0.5) is 0 Å². The molecule has 8 heteroatoms. The fourth-order valence-corrected chi connectivity index (χ4v) is 3.45. The van der Waals surface area contributed by atoms with Crippen molar-refractivity contribution in [3.05, 3.63) is 54.0 Å². The van der Waals surface area contributed by atoms with E-state index in [0.717, 1.165) is 31.3 Å². The fraction of sp³-hybridized carbons (Fsp3) is 0.455. The van der Waals surface area contributed by atoms with Crippen LogP contribution in [-0.2, 0) is 5.41 Å². The second kappa shape index (κ2) is 10.7. The van der Waals surface area contributed by atoms with Crippen molar-refractivity contribution in [1.82, 2.24) is 15.1 Å². The summed E-state index contributed by atoms with van der Waals surface area (Å²) in [6.45, 7) is 7.90. The van der Waals surface area contributed by atoms with Gasteiger partial charge in [0.2, 0.25) is 0 Å². The molecule has 7 nitrogen and oxygen atoms in total. The van der Waals surface area contributed by atoms with Gasteiger partial charge in [0, 0.05) is 45.2 Å². The van der Waals surface area contributed by atoms with Gasteiger partial charge in [-0.25, -0.2) is 0 Å². The van der Waals surface area contributed by atoms with Crippen molar-refractivity contribution in [2.75, 3.05) is 46.9 Å². The number of piperazine rings is 1. The number of hydrogen-bond donors (Lipinski definition) is 1. The van der Waals surface area contributed by atoms with E-state index in [2.05, 4.69) is 41.2 Å². The number of nitrogens with zero attached hydrogens (tertiary/aromatic N) is 3. The fourth-order valence-electron chi connectivity index (χ4n) is 3.45. The molecule has 2 heterocycles. The van der Waals surface area contributed by atoms with Crippen LogP contribution in [0.2, 0.25) is 0 Å². The molecule has 1 N–H and O–H groups in total. The molecule has 1 amide bonds. The van der Waals surface area contributed by atoms with E-state index in [4.69, 9.17) is 9.15 Å². The minimum Gasteiger partial charge on any atom is -0.497 e. The average molecular weight is 526 g/mol. The van der Waals surface area contributed by atoms with Crippen LogP contribution in [0, 0.1) is 0 Å². The highest BCUT2D eigenvalue weighted by atomic mass is 127. The largest absolute Gasteiger partial charge is 0.497 e. The van der Waals surface area contributed by atoms with Gasteiger partial charge >= 0.3 is 0 Å². The van der Waals surface area contributed by atoms with E-state index in [1.54, 1.807) is 26.3 Å². The number of furan rings is 1. The molecule has 0 radical (unpaired) electrons. The molecule has 3 rings (SSSR count). The Morgan fingerprint density at radius 3 is 2.30 bits per heavy atom. The Labute approximate surface area is 195 Å². The zero-order chi connectivity index (χ0) is 20.9. The number of aliphatic imine (C=N–C) groups is 1. The number of nitrogens with one attached hydrogen (secondary N) is 1. The predicted octanol–water partition coefficient (Wildman–Crippen LogP) is 3.22. The van der Waals surface area contributed by atoms with Gasteiger partial charge in [-0.15, -0.1) is 24.0 Å². The SMILES string of the molecule is CN=C(NCC(C)(C)c1ccc(OC)cc1)N1CCN(C(=O)c2ccco2)CC1.I. The second-order valence-corrected chi connectivity index (χ2v) is 7.77. The first kappa shape index (κ1) is 24.0. The Kier molecular flexibility index (Phi) is 8.57. The van der Waals surface area contributed by atoms with E-state index in [1.807, 2.05) is 17.0 Å². The Hall–Kier alpha value is -2.23. The highest BCUT2D eigenvalue weighted by molar-refractivity contribution is 14.0. The van der Waals surface area contributed by atoms with Crippen LogP contribution < -0.4 is 10.1 Å². The van der Waals surface area contributed by atoms with Gasteiger partial charge in [0.25, 0.3) is 5.91 Å². The summed E-state index contributed by atoms with van der Waals surface area (Å²) in [5.74, 6) is 2.05. The van der Waals surface area contributed by atoms with Gasteiger partial charge in [-0.1, -0.05) is 26.0 Å². The van der Waals surface area contributed by atoms with E-state index in [9.17, 15) is 4.79 Å². The van der Waals surface area contributed by atoms with Crippen LogP contribution in [0.5, 0.6) is 5.75 Å². The first-order valence-corrected chi connectivity index (χ1v) is 9.87. The van der Waals surface area contributed by atoms with E-state index in [1.165, 1.54) is 11.8 Å². The minimum absolute atomic E-state index is 0. The highest BCUT2D eigenvalue weighted by Gasteiger charge is 2.27. The molecule has 1 fully saturated rings. The van der Waals surface area contributed by atoms with Crippen molar-refractivity contribution in [2.24, 2.45) is 4.99 Å². The second-order valence-electron chi connectivity index (χ2n) is 7.77. The number of carbonyl (C=O) groups is 1. The Morgan fingerprint density at radius 2 is 1.77 bits per heavy atom. The maximum Gasteiger partial charge on any atom is 0.289 e. The average Bonchev–Trinajstić information content (AvgIpc) is 3.29. The lowest BCUT2D eigenvalue weighted by Crippen LogP contribution is -2.54. The van der Waals surface area contributed by atoms with E-state index >= 15 is 0 Å². The Morgan fingerprint density at radius 1 is 1.13 bits per heavy atom. The normalized spacial score (nSPS) is 14.9. The molecule has 2 aromatic rings. The summed E-state index contributed by atoms with van der Waals surface area (Å²) in [5, 5.41) is 3.50. The van der Waals surface area contributed by atoms with Crippen molar-refractivity contribution >= 4 is 35.8 Å². The minimum atomic E-state index is -0.0702. The van der Waals surface area contributed by atoms with Gasteiger partial charge in [0.05, 0.1) is 13.4 Å². The summed E-state index contributed by atoms with van der Waals surface area (Å²) in [6.07, 6.45) is 1.53. The molecule has 1 aromatic carbocycles. The number of halogens is 1. The molecular weight excluding hydrogens is 495 g/mol. The number of benzene rings is 1. The number of ether oxygens (including phenoxy) is 1. The van der Waals surface area contributed by atoms with Crippen LogP contribution in [-0.4, -0.2) is 68.5 Å². The van der Waals surface area contributed by atoms with Crippen LogP contribution in [0.15, 0.2) is 52.1 Å². The van der Waals surface area contributed by atoms with Crippen molar-refractivity contribution in [2.45, 2.75) is 19.3 Å². The first-order chi connectivity index (χ1) is 13.9. The Balaban J connectivity index is 0.00000320. The van der Waals surface area contributed by atoms with E-state index in [0.29, 0.717) is 18.8 Å². The quantitative estimate of drug-likeness (QED) is 0.368.